The molecule has 4 rings (SSSR count). The average molecular weight is 435 g/mol. The Balaban J connectivity index is 1.81. The van der Waals surface area contributed by atoms with Crippen LogP contribution >= 0.6 is 0 Å². The fourth-order valence-electron chi connectivity index (χ4n) is 3.68. The van der Waals surface area contributed by atoms with Gasteiger partial charge in [0.15, 0.2) is 5.82 Å². The molecule has 0 aliphatic heterocycles. The first-order valence-electron chi connectivity index (χ1n) is 10.7. The average Bonchev–Trinajstić information content (AvgIpc) is 3.44. The Kier molecular flexibility index (Phi) is 6.26. The molecule has 0 fully saturated rings. The van der Waals surface area contributed by atoms with Gasteiger partial charge < -0.3 is 4.98 Å². The van der Waals surface area contributed by atoms with E-state index in [-0.39, 0.29) is 0 Å². The number of aryl methyl sites for hydroxylation is 1. The molecule has 4 aromatic rings. The summed E-state index contributed by atoms with van der Waals surface area (Å²) in [7, 11) is 0. The lowest BCUT2D eigenvalue weighted by Gasteiger charge is -2.04. The van der Waals surface area contributed by atoms with Crippen LogP contribution < -0.4 is 0 Å². The molecule has 0 amide bonds. The van der Waals surface area contributed by atoms with Gasteiger partial charge in [0.25, 0.3) is 0 Å². The summed E-state index contributed by atoms with van der Waals surface area (Å²) in [6.07, 6.45) is 11.1. The highest BCUT2D eigenvalue weighted by molar-refractivity contribution is 6.12. The van der Waals surface area contributed by atoms with Crippen molar-refractivity contribution in [3.63, 3.8) is 0 Å². The summed E-state index contributed by atoms with van der Waals surface area (Å²) < 4.78 is 0. The van der Waals surface area contributed by atoms with Gasteiger partial charge in [-0.1, -0.05) is 43.0 Å². The highest BCUT2D eigenvalue weighted by atomic mass is 15.1. The van der Waals surface area contributed by atoms with E-state index in [4.69, 9.17) is 4.98 Å². The number of nitrogens with one attached hydrogen (secondary N) is 2. The first kappa shape index (κ1) is 21.9. The van der Waals surface area contributed by atoms with E-state index in [0.29, 0.717) is 11.5 Å². The number of rotatable bonds is 7. The highest BCUT2D eigenvalue weighted by Gasteiger charge is 2.19. The van der Waals surface area contributed by atoms with Crippen LogP contribution in [-0.4, -0.2) is 30.9 Å². The van der Waals surface area contributed by atoms with E-state index >= 15 is 0 Å². The molecule has 0 atom stereocenters. The predicted octanol–water partition coefficient (Wildman–Crippen LogP) is 6.17. The molecule has 1 aromatic carbocycles. The Labute approximate surface area is 193 Å². The Morgan fingerprint density at radius 3 is 2.70 bits per heavy atom. The van der Waals surface area contributed by atoms with Gasteiger partial charge in [-0.2, -0.15) is 5.10 Å². The third kappa shape index (κ3) is 4.36. The van der Waals surface area contributed by atoms with Crippen LogP contribution in [0.4, 0.5) is 0 Å². The van der Waals surface area contributed by atoms with Crippen LogP contribution in [0.1, 0.15) is 36.4 Å². The minimum absolute atomic E-state index is 0.673. The molecule has 3 heterocycles. The molecule has 0 spiro atoms. The van der Waals surface area contributed by atoms with Gasteiger partial charge in [0.1, 0.15) is 11.4 Å². The van der Waals surface area contributed by atoms with Gasteiger partial charge in [-0.05, 0) is 56.2 Å². The fourth-order valence-corrected chi connectivity index (χ4v) is 3.68. The Morgan fingerprint density at radius 1 is 1.15 bits per heavy atom. The summed E-state index contributed by atoms with van der Waals surface area (Å²) >= 11 is 0. The van der Waals surface area contributed by atoms with Crippen molar-refractivity contribution in [2.45, 2.75) is 20.8 Å². The van der Waals surface area contributed by atoms with Crippen LogP contribution in [0, 0.1) is 6.92 Å². The normalized spacial score (nSPS) is 12.9. The molecule has 6 heteroatoms. The van der Waals surface area contributed by atoms with Crippen molar-refractivity contribution in [2.75, 3.05) is 0 Å². The highest BCUT2D eigenvalue weighted by Crippen LogP contribution is 2.29. The number of fused-ring (bicyclic) bond motifs is 1. The lowest BCUT2D eigenvalue weighted by molar-refractivity contribution is 1.10. The Hall–Kier alpha value is -4.32. The van der Waals surface area contributed by atoms with Gasteiger partial charge in [-0.15, -0.1) is 0 Å². The number of imidazole rings is 1. The fraction of sp³-hybridized carbons (Fsp3) is 0.111. The van der Waals surface area contributed by atoms with Gasteiger partial charge in [0.2, 0.25) is 0 Å². The number of aromatic nitrogens is 5. The monoisotopic (exact) mass is 434 g/mol. The van der Waals surface area contributed by atoms with Crippen LogP contribution in [0.5, 0.6) is 0 Å². The number of H-pyrrole nitrogens is 2. The molecule has 2 N–H and O–H groups in total. The summed E-state index contributed by atoms with van der Waals surface area (Å²) in [6, 6.07) is 10.1. The summed E-state index contributed by atoms with van der Waals surface area (Å²) in [4.78, 5) is 16.9. The van der Waals surface area contributed by atoms with Crippen LogP contribution in [0.3, 0.4) is 0 Å². The van der Waals surface area contributed by atoms with E-state index in [2.05, 4.69) is 62.6 Å². The summed E-state index contributed by atoms with van der Waals surface area (Å²) in [5.74, 6) is 0.673. The molecule has 164 valence electrons. The second-order valence-corrected chi connectivity index (χ2v) is 7.63. The maximum atomic E-state index is 4.87. The smallest absolute Gasteiger partial charge is 0.159 e. The third-order valence-electron chi connectivity index (χ3n) is 5.40. The van der Waals surface area contributed by atoms with Crippen LogP contribution in [0.25, 0.3) is 28.0 Å². The zero-order chi connectivity index (χ0) is 23.4. The number of benzene rings is 1. The number of hydrogen-bond acceptors (Lipinski definition) is 4. The minimum atomic E-state index is 0.673. The second kappa shape index (κ2) is 9.44. The molecule has 0 saturated heterocycles. The van der Waals surface area contributed by atoms with Crippen molar-refractivity contribution in [2.24, 2.45) is 4.99 Å². The number of allylic oxidation sites excluding steroid dienone is 5. The zero-order valence-electron chi connectivity index (χ0n) is 19.1. The van der Waals surface area contributed by atoms with Gasteiger partial charge in [0, 0.05) is 35.2 Å². The van der Waals surface area contributed by atoms with E-state index in [1.54, 1.807) is 12.4 Å². The molecule has 0 saturated carbocycles. The van der Waals surface area contributed by atoms with Crippen molar-refractivity contribution in [3.8, 4) is 11.5 Å². The van der Waals surface area contributed by atoms with Gasteiger partial charge in [-0.3, -0.25) is 15.1 Å². The van der Waals surface area contributed by atoms with E-state index < -0.39 is 0 Å². The number of aliphatic imine (C=N–C) groups is 1. The summed E-state index contributed by atoms with van der Waals surface area (Å²) in [6.45, 7) is 13.7. The van der Waals surface area contributed by atoms with E-state index in [9.17, 15) is 0 Å². The number of hydrogen-bond donors (Lipinski definition) is 2. The third-order valence-corrected chi connectivity index (χ3v) is 5.40. The number of nitrogens with zero attached hydrogens (tertiary/aromatic N) is 4. The second-order valence-electron chi connectivity index (χ2n) is 7.63. The molecule has 3 aromatic heterocycles. The van der Waals surface area contributed by atoms with Gasteiger partial charge in [0.05, 0.1) is 11.2 Å². The zero-order valence-corrected chi connectivity index (χ0v) is 19.1. The lowest BCUT2D eigenvalue weighted by atomic mass is 10.0. The number of pyridine rings is 1. The molecule has 6 nitrogen and oxygen atoms in total. The van der Waals surface area contributed by atoms with Crippen LogP contribution in [0.2, 0.25) is 0 Å². The van der Waals surface area contributed by atoms with Gasteiger partial charge >= 0.3 is 0 Å². The maximum Gasteiger partial charge on any atom is 0.159 e. The number of aromatic amines is 2. The standard InChI is InChI=1S/C27H26N6/c1-6-17(4)14-19(7-2)20-11-12-23-22(15-20)26(33-32-23)27-30-18(5)24(31-27)25(29-8-3)21-10-9-13-28-16-21/h6-16H,1,3H2,2,4-5H3,(H,30,31)(H,32,33)/b17-14-,19-7+,29-25?. The van der Waals surface area contributed by atoms with Crippen molar-refractivity contribution >= 4 is 22.2 Å². The molecule has 0 bridgehead atoms. The predicted molar refractivity (Wildman–Crippen MR) is 136 cm³/mol. The van der Waals surface area contributed by atoms with Crippen molar-refractivity contribution in [1.29, 1.82) is 0 Å². The summed E-state index contributed by atoms with van der Waals surface area (Å²) in [5, 5.41) is 8.67. The molecule has 0 aliphatic carbocycles. The minimum Gasteiger partial charge on any atom is -0.340 e. The molecule has 0 radical (unpaired) electrons. The molecular weight excluding hydrogens is 408 g/mol. The topological polar surface area (TPSA) is 82.6 Å². The van der Waals surface area contributed by atoms with Gasteiger partial charge in [-0.25, -0.2) is 4.98 Å². The summed E-state index contributed by atoms with van der Waals surface area (Å²) in [5.41, 5.74) is 8.23. The van der Waals surface area contributed by atoms with E-state index in [1.807, 2.05) is 45.0 Å². The molecular formula is C27H26N6. The first-order chi connectivity index (χ1) is 16.0. The van der Waals surface area contributed by atoms with Crippen molar-refractivity contribution in [3.05, 3.63) is 108 Å². The molecule has 33 heavy (non-hydrogen) atoms. The van der Waals surface area contributed by atoms with E-state index in [1.165, 1.54) is 6.20 Å². The van der Waals surface area contributed by atoms with Crippen molar-refractivity contribution < 1.29 is 0 Å². The quantitative estimate of drug-likeness (QED) is 0.269. The Bertz CT molecular complexity index is 1410. The first-order valence-corrected chi connectivity index (χ1v) is 10.7. The van der Waals surface area contributed by atoms with Crippen LogP contribution in [0.15, 0.2) is 90.9 Å². The largest absolute Gasteiger partial charge is 0.340 e. The SMILES string of the molecule is C=CN=C(c1cccnc1)c1nc(-c2n[nH]c3ccc(C(/C=C(/C)C=C)=C/C)cc23)[nH]c1C. The maximum absolute atomic E-state index is 4.87. The molecule has 0 aliphatic rings. The Morgan fingerprint density at radius 2 is 2.00 bits per heavy atom. The van der Waals surface area contributed by atoms with Crippen molar-refractivity contribution in [1.82, 2.24) is 25.1 Å². The van der Waals surface area contributed by atoms with Crippen LogP contribution in [-0.2, 0) is 0 Å². The molecule has 0 unspecified atom stereocenters. The lowest BCUT2D eigenvalue weighted by Crippen LogP contribution is -2.05. The van der Waals surface area contributed by atoms with E-state index in [0.717, 1.165) is 50.3 Å².